The summed E-state index contributed by atoms with van der Waals surface area (Å²) >= 11 is 0. The molecule has 0 aliphatic heterocycles. The number of aromatic nitrogens is 2. The molecule has 1 unspecified atom stereocenters. The van der Waals surface area contributed by atoms with Crippen molar-refractivity contribution in [3.05, 3.63) is 54.1 Å². The van der Waals surface area contributed by atoms with Gasteiger partial charge in [0.25, 0.3) is 0 Å². The zero-order chi connectivity index (χ0) is 11.8. The molecule has 2 aromatic rings. The lowest BCUT2D eigenvalue weighted by molar-refractivity contribution is 0.883. The minimum atomic E-state index is 0.368. The van der Waals surface area contributed by atoms with Gasteiger partial charge in [0, 0.05) is 12.1 Å². The first-order valence-corrected chi connectivity index (χ1v) is 5.04. The number of hydrogen-bond donors (Lipinski definition) is 3. The van der Waals surface area contributed by atoms with Crippen LogP contribution in [0.1, 0.15) is 24.1 Å². The van der Waals surface area contributed by atoms with Gasteiger partial charge in [0.2, 0.25) is 0 Å². The molecule has 0 radical (unpaired) electrons. The molecule has 1 heterocycles. The van der Waals surface area contributed by atoms with Crippen molar-refractivity contribution in [1.29, 1.82) is 5.41 Å². The van der Waals surface area contributed by atoms with Gasteiger partial charge in [0.1, 0.15) is 0 Å². The first-order valence-electron chi connectivity index (χ1n) is 5.04. The number of nitrogens with zero attached hydrogens (tertiary/aromatic N) is 1. The average Bonchev–Trinajstić information content (AvgIpc) is 2.84. The summed E-state index contributed by atoms with van der Waals surface area (Å²) in [6, 6.07) is 10.4. The van der Waals surface area contributed by atoms with Crippen molar-refractivity contribution in [3.63, 3.8) is 0 Å². The molecule has 16 heavy (non-hydrogen) atoms. The predicted octanol–water partition coefficient (Wildman–Crippen LogP) is 2.11. The van der Waals surface area contributed by atoms with E-state index in [1.165, 1.54) is 5.56 Å². The van der Waals surface area contributed by atoms with Crippen LogP contribution in [-0.4, -0.2) is 16.3 Å². The summed E-state index contributed by atoms with van der Waals surface area (Å²) in [6.07, 6.45) is 4.41. The number of imidazole rings is 1. The number of aromatic amines is 1. The first-order chi connectivity index (χ1) is 7.79. The molecular formula is C12H16N4. The van der Waals surface area contributed by atoms with Gasteiger partial charge in [0.05, 0.1) is 18.4 Å². The standard InChI is InChI=1S/C11H12N2.CH4N2/c1-9(11-7-12-8-13-11)10-5-3-2-4-6-10;2-1-3/h2-9H,1H3,(H,12,13);1H,(H3,2,3). The van der Waals surface area contributed by atoms with Crippen LogP contribution in [0, 0.1) is 5.41 Å². The van der Waals surface area contributed by atoms with E-state index in [0.717, 1.165) is 12.0 Å². The minimum Gasteiger partial charge on any atom is -0.390 e. The maximum Gasteiger partial charge on any atom is 0.0923 e. The Kier molecular flexibility index (Phi) is 4.79. The van der Waals surface area contributed by atoms with Crippen LogP contribution in [0.3, 0.4) is 0 Å². The average molecular weight is 216 g/mol. The molecule has 2 rings (SSSR count). The second-order valence-corrected chi connectivity index (χ2v) is 3.29. The fraction of sp³-hybridized carbons (Fsp3) is 0.167. The number of H-pyrrole nitrogens is 1. The quantitative estimate of drug-likeness (QED) is 0.531. The summed E-state index contributed by atoms with van der Waals surface area (Å²) in [4.78, 5) is 7.21. The molecule has 4 heteroatoms. The Balaban J connectivity index is 0.000000386. The highest BCUT2D eigenvalue weighted by atomic mass is 14.9. The summed E-state index contributed by atoms with van der Waals surface area (Å²) in [5, 5.41) is 5.86. The molecular weight excluding hydrogens is 200 g/mol. The molecule has 1 aromatic heterocycles. The van der Waals surface area contributed by atoms with E-state index in [0.29, 0.717) is 5.92 Å². The number of rotatable bonds is 2. The largest absolute Gasteiger partial charge is 0.390 e. The van der Waals surface area contributed by atoms with Gasteiger partial charge >= 0.3 is 0 Å². The van der Waals surface area contributed by atoms with E-state index in [1.54, 1.807) is 6.33 Å². The molecule has 4 N–H and O–H groups in total. The zero-order valence-corrected chi connectivity index (χ0v) is 9.22. The van der Waals surface area contributed by atoms with Crippen molar-refractivity contribution in [2.24, 2.45) is 5.73 Å². The Hall–Kier alpha value is -2.10. The van der Waals surface area contributed by atoms with E-state index in [2.05, 4.69) is 46.9 Å². The summed E-state index contributed by atoms with van der Waals surface area (Å²) in [5.41, 5.74) is 6.78. The molecule has 0 amide bonds. The number of benzene rings is 1. The van der Waals surface area contributed by atoms with Crippen molar-refractivity contribution in [2.45, 2.75) is 12.8 Å². The van der Waals surface area contributed by atoms with Gasteiger partial charge < -0.3 is 10.7 Å². The molecule has 0 aliphatic rings. The van der Waals surface area contributed by atoms with E-state index in [4.69, 9.17) is 5.41 Å². The van der Waals surface area contributed by atoms with Crippen molar-refractivity contribution < 1.29 is 0 Å². The van der Waals surface area contributed by atoms with Crippen LogP contribution >= 0.6 is 0 Å². The Morgan fingerprint density at radius 2 is 2.00 bits per heavy atom. The number of nitrogens with one attached hydrogen (secondary N) is 2. The van der Waals surface area contributed by atoms with E-state index in [-0.39, 0.29) is 0 Å². The minimum absolute atomic E-state index is 0.368. The maximum absolute atomic E-state index is 5.86. The van der Waals surface area contributed by atoms with E-state index in [1.807, 2.05) is 12.3 Å². The van der Waals surface area contributed by atoms with Gasteiger partial charge in [-0.05, 0) is 5.56 Å². The Morgan fingerprint density at radius 1 is 1.38 bits per heavy atom. The van der Waals surface area contributed by atoms with Crippen molar-refractivity contribution >= 4 is 6.34 Å². The topological polar surface area (TPSA) is 78.5 Å². The van der Waals surface area contributed by atoms with Gasteiger partial charge in [-0.2, -0.15) is 0 Å². The van der Waals surface area contributed by atoms with Crippen molar-refractivity contribution in [3.8, 4) is 0 Å². The summed E-state index contributed by atoms with van der Waals surface area (Å²) in [7, 11) is 0. The van der Waals surface area contributed by atoms with E-state index < -0.39 is 0 Å². The number of nitrogens with two attached hydrogens (primary N) is 1. The highest BCUT2D eigenvalue weighted by Crippen LogP contribution is 2.20. The molecule has 1 atom stereocenters. The van der Waals surface area contributed by atoms with E-state index in [9.17, 15) is 0 Å². The summed E-state index contributed by atoms with van der Waals surface area (Å²) < 4.78 is 0. The monoisotopic (exact) mass is 216 g/mol. The molecule has 1 aromatic carbocycles. The highest BCUT2D eigenvalue weighted by molar-refractivity contribution is 5.46. The molecule has 4 nitrogen and oxygen atoms in total. The fourth-order valence-corrected chi connectivity index (χ4v) is 1.42. The maximum atomic E-state index is 5.86. The summed E-state index contributed by atoms with van der Waals surface area (Å²) in [6.45, 7) is 2.16. The van der Waals surface area contributed by atoms with Crippen LogP contribution in [0.4, 0.5) is 0 Å². The van der Waals surface area contributed by atoms with Gasteiger partial charge in [-0.1, -0.05) is 37.3 Å². The smallest absolute Gasteiger partial charge is 0.0923 e. The Morgan fingerprint density at radius 3 is 2.50 bits per heavy atom. The second kappa shape index (κ2) is 6.40. The molecule has 0 spiro atoms. The van der Waals surface area contributed by atoms with Crippen molar-refractivity contribution in [2.75, 3.05) is 0 Å². The molecule has 0 saturated carbocycles. The van der Waals surface area contributed by atoms with E-state index >= 15 is 0 Å². The lowest BCUT2D eigenvalue weighted by Crippen LogP contribution is -1.95. The second-order valence-electron chi connectivity index (χ2n) is 3.29. The van der Waals surface area contributed by atoms with Gasteiger partial charge in [0.15, 0.2) is 0 Å². The fourth-order valence-electron chi connectivity index (χ4n) is 1.42. The first kappa shape index (κ1) is 12.0. The van der Waals surface area contributed by atoms with Crippen molar-refractivity contribution in [1.82, 2.24) is 9.97 Å². The predicted molar refractivity (Wildman–Crippen MR) is 65.5 cm³/mol. The third-order valence-electron chi connectivity index (χ3n) is 2.26. The lowest BCUT2D eigenvalue weighted by Gasteiger charge is -2.07. The SMILES string of the molecule is CC(c1ccccc1)c1c[nH]cn1.N=CN. The Bertz CT molecular complexity index is 394. The molecule has 84 valence electrons. The van der Waals surface area contributed by atoms with Gasteiger partial charge in [-0.3, -0.25) is 5.41 Å². The van der Waals surface area contributed by atoms with Crippen LogP contribution in [0.5, 0.6) is 0 Å². The normalized spacial score (nSPS) is 11.1. The number of hydrogen-bond acceptors (Lipinski definition) is 2. The van der Waals surface area contributed by atoms with Crippen LogP contribution in [0.25, 0.3) is 0 Å². The molecule has 0 aliphatic carbocycles. The zero-order valence-electron chi connectivity index (χ0n) is 9.22. The highest BCUT2D eigenvalue weighted by Gasteiger charge is 2.08. The Labute approximate surface area is 95.0 Å². The van der Waals surface area contributed by atoms with Gasteiger partial charge in [-0.25, -0.2) is 4.98 Å². The molecule has 0 fully saturated rings. The van der Waals surface area contributed by atoms with Crippen LogP contribution in [-0.2, 0) is 0 Å². The lowest BCUT2D eigenvalue weighted by atomic mass is 9.99. The van der Waals surface area contributed by atoms with Crippen LogP contribution in [0.2, 0.25) is 0 Å². The summed E-state index contributed by atoms with van der Waals surface area (Å²) in [5.74, 6) is 0.368. The van der Waals surface area contributed by atoms with Crippen LogP contribution in [0.15, 0.2) is 42.9 Å². The van der Waals surface area contributed by atoms with Gasteiger partial charge in [-0.15, -0.1) is 0 Å². The third kappa shape index (κ3) is 3.24. The van der Waals surface area contributed by atoms with Crippen LogP contribution < -0.4 is 5.73 Å². The molecule has 0 bridgehead atoms. The molecule has 0 saturated heterocycles. The third-order valence-corrected chi connectivity index (χ3v) is 2.26.